The molecule has 0 bridgehead atoms. The molecule has 1 aromatic heterocycles. The first kappa shape index (κ1) is 21.1. The molecule has 1 heterocycles. The van der Waals surface area contributed by atoms with E-state index in [1.807, 2.05) is 13.8 Å². The molecule has 0 aliphatic heterocycles. The van der Waals surface area contributed by atoms with E-state index >= 15 is 0 Å². The lowest BCUT2D eigenvalue weighted by Crippen LogP contribution is -2.24. The Morgan fingerprint density at radius 2 is 1.68 bits per heavy atom. The third-order valence-electron chi connectivity index (χ3n) is 3.88. The molecule has 0 aliphatic rings. The van der Waals surface area contributed by atoms with E-state index in [0.29, 0.717) is 41.0 Å². The van der Waals surface area contributed by atoms with Crippen LogP contribution in [0.3, 0.4) is 0 Å². The summed E-state index contributed by atoms with van der Waals surface area (Å²) in [6.45, 7) is 4.61. The maximum atomic E-state index is 12.5. The third kappa shape index (κ3) is 5.18. The van der Waals surface area contributed by atoms with Gasteiger partial charge in [0, 0.05) is 23.5 Å². The lowest BCUT2D eigenvalue weighted by atomic mass is 10.1. The third-order valence-corrected chi connectivity index (χ3v) is 3.88. The van der Waals surface area contributed by atoms with Gasteiger partial charge >= 0.3 is 0 Å². The van der Waals surface area contributed by atoms with Gasteiger partial charge in [-0.2, -0.15) is 0 Å². The Balaban J connectivity index is 2.10. The zero-order chi connectivity index (χ0) is 20.7. The van der Waals surface area contributed by atoms with Crippen molar-refractivity contribution in [1.29, 1.82) is 0 Å². The number of hydrogen-bond donors (Lipinski definition) is 2. The van der Waals surface area contributed by atoms with Gasteiger partial charge in [-0.1, -0.05) is 13.8 Å². The number of ether oxygens (including phenoxy) is 4. The van der Waals surface area contributed by atoms with Crippen molar-refractivity contribution in [3.8, 4) is 23.0 Å². The van der Waals surface area contributed by atoms with Crippen molar-refractivity contribution in [2.24, 2.45) is 5.92 Å². The summed E-state index contributed by atoms with van der Waals surface area (Å²) < 4.78 is 21.2. The maximum absolute atomic E-state index is 12.5. The molecule has 0 saturated heterocycles. The smallest absolute Gasteiger partial charge is 0.251 e. The van der Waals surface area contributed by atoms with Gasteiger partial charge < -0.3 is 29.2 Å². The van der Waals surface area contributed by atoms with Crippen molar-refractivity contribution in [1.82, 2.24) is 10.3 Å². The van der Waals surface area contributed by atoms with Gasteiger partial charge in [0.15, 0.2) is 17.2 Å². The Morgan fingerprint density at radius 3 is 2.18 bits per heavy atom. The van der Waals surface area contributed by atoms with Gasteiger partial charge in [0.05, 0.1) is 34.5 Å². The highest BCUT2D eigenvalue weighted by atomic mass is 16.5. The summed E-state index contributed by atoms with van der Waals surface area (Å²) >= 11 is 0. The maximum Gasteiger partial charge on any atom is 0.251 e. The molecule has 8 nitrogen and oxygen atoms in total. The number of hydrogen-bond acceptors (Lipinski definition) is 6. The zero-order valence-corrected chi connectivity index (χ0v) is 16.8. The van der Waals surface area contributed by atoms with Crippen LogP contribution in [-0.4, -0.2) is 38.8 Å². The number of benzene rings is 1. The molecule has 0 unspecified atom stereocenters. The molecular formula is C20H26N2O6. The Bertz CT molecular complexity index is 850. The van der Waals surface area contributed by atoms with Crippen LogP contribution in [0.5, 0.6) is 23.0 Å². The van der Waals surface area contributed by atoms with E-state index < -0.39 is 0 Å². The van der Waals surface area contributed by atoms with Crippen LogP contribution in [0.2, 0.25) is 0 Å². The minimum atomic E-state index is -0.347. The normalized spacial score (nSPS) is 10.5. The summed E-state index contributed by atoms with van der Waals surface area (Å²) in [7, 11) is 4.45. The topological polar surface area (TPSA) is 98.9 Å². The molecule has 0 atom stereocenters. The SMILES string of the molecule is COc1cc(C(=O)NCc2cc(=O)c(OCC(C)C)c[nH]2)cc(OC)c1OC. The van der Waals surface area contributed by atoms with Gasteiger partial charge in [0.2, 0.25) is 11.2 Å². The van der Waals surface area contributed by atoms with Gasteiger partial charge in [-0.3, -0.25) is 9.59 Å². The molecule has 2 N–H and O–H groups in total. The highest BCUT2D eigenvalue weighted by Crippen LogP contribution is 2.38. The molecule has 2 aromatic rings. The summed E-state index contributed by atoms with van der Waals surface area (Å²) in [6, 6.07) is 4.52. The van der Waals surface area contributed by atoms with Crippen LogP contribution < -0.4 is 29.7 Å². The van der Waals surface area contributed by atoms with E-state index in [4.69, 9.17) is 18.9 Å². The molecule has 0 saturated carbocycles. The number of H-pyrrole nitrogens is 1. The number of rotatable bonds is 9. The van der Waals surface area contributed by atoms with Gasteiger partial charge in [-0.15, -0.1) is 0 Å². The second-order valence-electron chi connectivity index (χ2n) is 6.49. The molecule has 1 amide bonds. The molecule has 0 spiro atoms. The number of aromatic amines is 1. The number of methoxy groups -OCH3 is 3. The van der Waals surface area contributed by atoms with Crippen LogP contribution in [-0.2, 0) is 6.54 Å². The average molecular weight is 390 g/mol. The molecule has 2 rings (SSSR count). The largest absolute Gasteiger partial charge is 0.493 e. The molecular weight excluding hydrogens is 364 g/mol. The Morgan fingerprint density at radius 1 is 1.04 bits per heavy atom. The van der Waals surface area contributed by atoms with Gasteiger partial charge in [0.1, 0.15) is 0 Å². The van der Waals surface area contributed by atoms with Crippen LogP contribution in [0, 0.1) is 5.92 Å². The van der Waals surface area contributed by atoms with Crippen LogP contribution in [0.25, 0.3) is 0 Å². The highest BCUT2D eigenvalue weighted by Gasteiger charge is 2.17. The van der Waals surface area contributed by atoms with E-state index in [1.54, 1.807) is 12.1 Å². The minimum Gasteiger partial charge on any atom is -0.493 e. The van der Waals surface area contributed by atoms with Gasteiger partial charge in [0.25, 0.3) is 5.91 Å². The second kappa shape index (κ2) is 9.68. The fourth-order valence-corrected chi connectivity index (χ4v) is 2.46. The molecule has 28 heavy (non-hydrogen) atoms. The summed E-state index contributed by atoms with van der Waals surface area (Å²) in [5.74, 6) is 1.40. The van der Waals surface area contributed by atoms with Crippen LogP contribution in [0.4, 0.5) is 0 Å². The number of nitrogens with one attached hydrogen (secondary N) is 2. The van der Waals surface area contributed by atoms with E-state index in [1.165, 1.54) is 33.6 Å². The van der Waals surface area contributed by atoms with Crippen LogP contribution in [0.15, 0.2) is 29.2 Å². The Hall–Kier alpha value is -3.16. The summed E-state index contributed by atoms with van der Waals surface area (Å²) in [4.78, 5) is 27.6. The monoisotopic (exact) mass is 390 g/mol. The van der Waals surface area contributed by atoms with Gasteiger partial charge in [-0.05, 0) is 18.1 Å². The van der Waals surface area contributed by atoms with E-state index in [-0.39, 0.29) is 23.6 Å². The molecule has 1 aromatic carbocycles. The standard InChI is InChI=1S/C20H26N2O6/c1-12(2)11-28-18-10-21-14(8-15(18)23)9-22-20(24)13-6-16(25-3)19(27-5)17(7-13)26-4/h6-8,10,12H,9,11H2,1-5H3,(H,21,23)(H,22,24). The number of pyridine rings is 1. The summed E-state index contributed by atoms with van der Waals surface area (Å²) in [6.07, 6.45) is 1.51. The van der Waals surface area contributed by atoms with Crippen molar-refractivity contribution in [3.05, 3.63) is 45.9 Å². The molecule has 0 fully saturated rings. The average Bonchev–Trinajstić information content (AvgIpc) is 2.69. The van der Waals surface area contributed by atoms with E-state index in [0.717, 1.165) is 0 Å². The lowest BCUT2D eigenvalue weighted by Gasteiger charge is -2.14. The Kier molecular flexibility index (Phi) is 7.31. The first-order valence-corrected chi connectivity index (χ1v) is 8.82. The minimum absolute atomic E-state index is 0.148. The molecule has 0 radical (unpaired) electrons. The van der Waals surface area contributed by atoms with Crippen molar-refractivity contribution in [2.45, 2.75) is 20.4 Å². The molecule has 0 aliphatic carbocycles. The van der Waals surface area contributed by atoms with Gasteiger partial charge in [-0.25, -0.2) is 0 Å². The quantitative estimate of drug-likeness (QED) is 0.682. The van der Waals surface area contributed by atoms with E-state index in [2.05, 4.69) is 10.3 Å². The van der Waals surface area contributed by atoms with Crippen molar-refractivity contribution in [2.75, 3.05) is 27.9 Å². The zero-order valence-electron chi connectivity index (χ0n) is 16.8. The van der Waals surface area contributed by atoms with Crippen LogP contribution >= 0.6 is 0 Å². The summed E-state index contributed by atoms with van der Waals surface area (Å²) in [5.41, 5.74) is 0.660. The van der Waals surface area contributed by atoms with Crippen molar-refractivity contribution >= 4 is 5.91 Å². The lowest BCUT2D eigenvalue weighted by molar-refractivity contribution is 0.0949. The first-order valence-electron chi connectivity index (χ1n) is 8.82. The molecule has 152 valence electrons. The van der Waals surface area contributed by atoms with Crippen LogP contribution in [0.1, 0.15) is 29.9 Å². The highest BCUT2D eigenvalue weighted by molar-refractivity contribution is 5.95. The molecule has 8 heteroatoms. The number of aromatic nitrogens is 1. The predicted molar refractivity (Wildman–Crippen MR) is 105 cm³/mol. The Labute approximate surface area is 163 Å². The first-order chi connectivity index (χ1) is 13.4. The number of amides is 1. The second-order valence-corrected chi connectivity index (χ2v) is 6.49. The predicted octanol–water partition coefficient (Wildman–Crippen LogP) is 2.37. The van der Waals surface area contributed by atoms with Crippen molar-refractivity contribution in [3.63, 3.8) is 0 Å². The fraction of sp³-hybridized carbons (Fsp3) is 0.400. The summed E-state index contributed by atoms with van der Waals surface area (Å²) in [5, 5.41) is 2.75. The number of carbonyl (C=O) groups is 1. The van der Waals surface area contributed by atoms with E-state index in [9.17, 15) is 9.59 Å². The van der Waals surface area contributed by atoms with Crippen molar-refractivity contribution < 1.29 is 23.7 Å². The number of carbonyl (C=O) groups excluding carboxylic acids is 1. The fourth-order valence-electron chi connectivity index (χ4n) is 2.46.